The van der Waals surface area contributed by atoms with Gasteiger partial charge < -0.3 is 20.0 Å². The van der Waals surface area contributed by atoms with Gasteiger partial charge in [0.15, 0.2) is 5.58 Å². The number of anilines is 1. The number of oxazole rings is 1. The number of rotatable bonds is 4. The largest absolute Gasteiger partial charge is 0.423 e. The average Bonchev–Trinajstić information content (AvgIpc) is 3.10. The highest BCUT2D eigenvalue weighted by Crippen LogP contribution is 2.30. The van der Waals surface area contributed by atoms with Gasteiger partial charge in [-0.25, -0.2) is 0 Å². The lowest BCUT2D eigenvalue weighted by Crippen LogP contribution is -2.60. The van der Waals surface area contributed by atoms with Gasteiger partial charge in [0, 0.05) is 19.1 Å². The van der Waals surface area contributed by atoms with Crippen LogP contribution in [-0.2, 0) is 11.3 Å². The van der Waals surface area contributed by atoms with Crippen LogP contribution in [0.15, 0.2) is 52.9 Å². The average molecular weight is 378 g/mol. The zero-order chi connectivity index (χ0) is 19.8. The molecule has 144 valence electrons. The fourth-order valence-electron chi connectivity index (χ4n) is 3.81. The fraction of sp³-hybridized carbons (Fsp3) is 0.286. The molecule has 7 nitrogen and oxygen atoms in total. The van der Waals surface area contributed by atoms with E-state index >= 15 is 0 Å². The number of piperazine rings is 1. The number of carbonyl (C=O) groups excluding carboxylic acids is 2. The summed E-state index contributed by atoms with van der Waals surface area (Å²) in [5.74, 6) is -0.547. The molecule has 0 radical (unpaired) electrons. The second-order valence-corrected chi connectivity index (χ2v) is 7.15. The summed E-state index contributed by atoms with van der Waals surface area (Å²) < 4.78 is 5.88. The first-order valence-electron chi connectivity index (χ1n) is 9.26. The topological polar surface area (TPSA) is 92.7 Å². The van der Waals surface area contributed by atoms with E-state index in [0.29, 0.717) is 35.8 Å². The van der Waals surface area contributed by atoms with Crippen LogP contribution in [0.2, 0.25) is 0 Å². The molecule has 0 spiro atoms. The summed E-state index contributed by atoms with van der Waals surface area (Å²) in [7, 11) is 0. The fourth-order valence-corrected chi connectivity index (χ4v) is 3.81. The number of amides is 2. The molecule has 2 aromatic carbocycles. The number of hydrogen-bond acceptors (Lipinski definition) is 5. The van der Waals surface area contributed by atoms with Crippen LogP contribution in [0.5, 0.6) is 0 Å². The van der Waals surface area contributed by atoms with Crippen LogP contribution in [0, 0.1) is 0 Å². The molecule has 2 atom stereocenters. The summed E-state index contributed by atoms with van der Waals surface area (Å²) in [6.45, 7) is 5.01. The third-order valence-corrected chi connectivity index (χ3v) is 5.16. The monoisotopic (exact) mass is 378 g/mol. The third-order valence-electron chi connectivity index (χ3n) is 5.16. The van der Waals surface area contributed by atoms with Crippen molar-refractivity contribution in [3.05, 3.63) is 59.7 Å². The number of carbonyl (C=O) groups is 2. The van der Waals surface area contributed by atoms with E-state index in [4.69, 9.17) is 10.2 Å². The quantitative estimate of drug-likeness (QED) is 0.753. The van der Waals surface area contributed by atoms with Crippen LogP contribution in [0.4, 0.5) is 6.01 Å². The van der Waals surface area contributed by atoms with E-state index < -0.39 is 11.9 Å². The minimum absolute atomic E-state index is 0.00139. The lowest BCUT2D eigenvalue weighted by Gasteiger charge is -2.42. The van der Waals surface area contributed by atoms with Crippen molar-refractivity contribution in [2.24, 2.45) is 5.73 Å². The normalized spacial score (nSPS) is 20.0. The smallest absolute Gasteiger partial charge is 0.299 e. The second kappa shape index (κ2) is 6.99. The molecule has 0 aliphatic carbocycles. The van der Waals surface area contributed by atoms with E-state index in [-0.39, 0.29) is 11.9 Å². The van der Waals surface area contributed by atoms with Crippen LogP contribution in [-0.4, -0.2) is 40.3 Å². The number of para-hydroxylation sites is 1. The maximum atomic E-state index is 13.0. The highest BCUT2D eigenvalue weighted by atomic mass is 16.4. The highest BCUT2D eigenvalue weighted by molar-refractivity contribution is 6.04. The first-order valence-corrected chi connectivity index (χ1v) is 9.26. The molecule has 2 amide bonds. The van der Waals surface area contributed by atoms with Gasteiger partial charge in [0.05, 0.1) is 5.56 Å². The number of nitrogens with zero attached hydrogens (tertiary/aromatic N) is 3. The van der Waals surface area contributed by atoms with Crippen molar-refractivity contribution in [2.45, 2.75) is 32.5 Å². The summed E-state index contributed by atoms with van der Waals surface area (Å²) in [4.78, 5) is 32.9. The number of nitrogens with two attached hydrogens (primary N) is 1. The molecule has 0 saturated carbocycles. The maximum absolute atomic E-state index is 13.0. The Morgan fingerprint density at radius 1 is 1.18 bits per heavy atom. The lowest BCUT2D eigenvalue weighted by molar-refractivity contribution is -0.135. The Bertz CT molecular complexity index is 1030. The van der Waals surface area contributed by atoms with Crippen molar-refractivity contribution < 1.29 is 14.0 Å². The van der Waals surface area contributed by atoms with Gasteiger partial charge in [0.2, 0.25) is 5.91 Å². The van der Waals surface area contributed by atoms with Crippen molar-refractivity contribution in [2.75, 3.05) is 11.4 Å². The Morgan fingerprint density at radius 3 is 2.64 bits per heavy atom. The SMILES string of the molecule is C[C@H]1CN(Cc2ccccc2)C(=O)[C@H](C)N1c1nc2c(C(N)=O)cccc2o1. The minimum atomic E-state index is -0.560. The van der Waals surface area contributed by atoms with E-state index in [1.807, 2.05) is 54.0 Å². The van der Waals surface area contributed by atoms with Gasteiger partial charge in [0.1, 0.15) is 11.6 Å². The van der Waals surface area contributed by atoms with Crippen molar-refractivity contribution in [3.8, 4) is 0 Å². The van der Waals surface area contributed by atoms with Gasteiger partial charge >= 0.3 is 0 Å². The maximum Gasteiger partial charge on any atom is 0.299 e. The number of fused-ring (bicyclic) bond motifs is 1. The van der Waals surface area contributed by atoms with Crippen molar-refractivity contribution in [3.63, 3.8) is 0 Å². The van der Waals surface area contributed by atoms with Crippen molar-refractivity contribution in [1.29, 1.82) is 0 Å². The molecule has 1 aliphatic rings. The molecule has 0 bridgehead atoms. The number of primary amides is 1. The molecule has 1 fully saturated rings. The summed E-state index contributed by atoms with van der Waals surface area (Å²) in [5, 5.41) is 0. The first-order chi connectivity index (χ1) is 13.5. The lowest BCUT2D eigenvalue weighted by atomic mass is 10.1. The van der Waals surface area contributed by atoms with Gasteiger partial charge in [-0.15, -0.1) is 0 Å². The van der Waals surface area contributed by atoms with E-state index in [9.17, 15) is 9.59 Å². The van der Waals surface area contributed by atoms with E-state index in [1.54, 1.807) is 18.2 Å². The van der Waals surface area contributed by atoms with Crippen LogP contribution in [0.1, 0.15) is 29.8 Å². The third kappa shape index (κ3) is 3.09. The molecule has 1 aromatic heterocycles. The van der Waals surface area contributed by atoms with Gasteiger partial charge in [-0.2, -0.15) is 4.98 Å². The Kier molecular flexibility index (Phi) is 4.50. The molecule has 3 aromatic rings. The second-order valence-electron chi connectivity index (χ2n) is 7.15. The molecule has 2 N–H and O–H groups in total. The Hall–Kier alpha value is -3.35. The van der Waals surface area contributed by atoms with Gasteiger partial charge in [-0.1, -0.05) is 36.4 Å². The summed E-state index contributed by atoms with van der Waals surface area (Å²) in [6.07, 6.45) is 0. The zero-order valence-electron chi connectivity index (χ0n) is 15.8. The molecule has 28 heavy (non-hydrogen) atoms. The van der Waals surface area contributed by atoms with Crippen molar-refractivity contribution in [1.82, 2.24) is 9.88 Å². The van der Waals surface area contributed by atoms with E-state index in [0.717, 1.165) is 5.56 Å². The Labute approximate surface area is 162 Å². The van der Waals surface area contributed by atoms with E-state index in [1.165, 1.54) is 0 Å². The Morgan fingerprint density at radius 2 is 1.93 bits per heavy atom. The molecule has 0 unspecified atom stereocenters. The standard InChI is InChI=1S/C21H22N4O3/c1-13-11-24(12-15-7-4-3-5-8-15)20(27)14(2)25(13)21-23-18-16(19(22)26)9-6-10-17(18)28-21/h3-10,13-14H,11-12H2,1-2H3,(H2,22,26)/t13-,14-/m0/s1. The first kappa shape index (κ1) is 18.0. The van der Waals surface area contributed by atoms with Gasteiger partial charge in [-0.3, -0.25) is 9.59 Å². The van der Waals surface area contributed by atoms with Crippen molar-refractivity contribution >= 4 is 28.9 Å². The predicted molar refractivity (Wildman–Crippen MR) is 106 cm³/mol. The van der Waals surface area contributed by atoms with Crippen LogP contribution in [0.3, 0.4) is 0 Å². The van der Waals surface area contributed by atoms with Gasteiger partial charge in [-0.05, 0) is 31.5 Å². The molecule has 2 heterocycles. The number of hydrogen-bond donors (Lipinski definition) is 1. The summed E-state index contributed by atoms with van der Waals surface area (Å²) in [6, 6.07) is 14.9. The molecule has 4 rings (SSSR count). The summed E-state index contributed by atoms with van der Waals surface area (Å²) >= 11 is 0. The molecular formula is C21H22N4O3. The Balaban J connectivity index is 1.63. The summed E-state index contributed by atoms with van der Waals surface area (Å²) in [5.41, 5.74) is 7.74. The molecule has 1 saturated heterocycles. The van der Waals surface area contributed by atoms with Crippen LogP contribution < -0.4 is 10.6 Å². The highest BCUT2D eigenvalue weighted by Gasteiger charge is 2.38. The van der Waals surface area contributed by atoms with Crippen LogP contribution >= 0.6 is 0 Å². The zero-order valence-corrected chi connectivity index (χ0v) is 15.8. The minimum Gasteiger partial charge on any atom is -0.423 e. The molecule has 1 aliphatic heterocycles. The molecule has 7 heteroatoms. The predicted octanol–water partition coefficient (Wildman–Crippen LogP) is 2.55. The number of benzene rings is 2. The van der Waals surface area contributed by atoms with Gasteiger partial charge in [0.25, 0.3) is 11.9 Å². The van der Waals surface area contributed by atoms with Crippen LogP contribution in [0.25, 0.3) is 11.1 Å². The molecular weight excluding hydrogens is 356 g/mol. The number of aromatic nitrogens is 1. The van der Waals surface area contributed by atoms with E-state index in [2.05, 4.69) is 4.98 Å².